The van der Waals surface area contributed by atoms with Crippen molar-refractivity contribution in [1.82, 2.24) is 0 Å². The lowest BCUT2D eigenvalue weighted by atomic mass is 9.73. The van der Waals surface area contributed by atoms with Gasteiger partial charge in [-0.05, 0) is 91.2 Å². The molecule has 176 valence electrons. The molecule has 0 fully saturated rings. The summed E-state index contributed by atoms with van der Waals surface area (Å²) in [6, 6.07) is 15.1. The summed E-state index contributed by atoms with van der Waals surface area (Å²) in [7, 11) is 0. The number of fused-ring (bicyclic) bond motifs is 1. The van der Waals surface area contributed by atoms with Crippen LogP contribution in [0.3, 0.4) is 0 Å². The van der Waals surface area contributed by atoms with Gasteiger partial charge in [0, 0.05) is 10.6 Å². The van der Waals surface area contributed by atoms with Crippen LogP contribution in [0, 0.1) is 11.3 Å². The summed E-state index contributed by atoms with van der Waals surface area (Å²) in [5, 5.41) is 0. The Bertz CT molecular complexity index is 838. The fourth-order valence-electron chi connectivity index (χ4n) is 4.79. The van der Waals surface area contributed by atoms with E-state index in [4.69, 9.17) is 9.47 Å². The molecule has 3 rings (SSSR count). The Hall–Kier alpha value is -1.45. The van der Waals surface area contributed by atoms with Crippen molar-refractivity contribution in [3.05, 3.63) is 59.2 Å². The largest absolute Gasteiger partial charge is 0.465 e. The van der Waals surface area contributed by atoms with E-state index >= 15 is 0 Å². The van der Waals surface area contributed by atoms with Crippen LogP contribution in [0.2, 0.25) is 0 Å². The third kappa shape index (κ3) is 7.28. The normalized spacial score (nSPS) is 16.0. The second-order valence-electron chi connectivity index (χ2n) is 10.7. The maximum atomic E-state index is 6.33. The van der Waals surface area contributed by atoms with Crippen molar-refractivity contribution in [2.24, 2.45) is 11.3 Å². The SMILES string of the molecule is CC(OCCSc1ccccc1)Oc1ccc(C(CC(C)(C)C)C(C)C)c2c1CCCC2. The second-order valence-corrected chi connectivity index (χ2v) is 11.8. The Labute approximate surface area is 200 Å². The Morgan fingerprint density at radius 2 is 1.59 bits per heavy atom. The van der Waals surface area contributed by atoms with Crippen molar-refractivity contribution in [2.45, 2.75) is 90.7 Å². The van der Waals surface area contributed by atoms with E-state index < -0.39 is 0 Å². The smallest absolute Gasteiger partial charge is 0.197 e. The molecule has 2 aromatic carbocycles. The molecule has 0 N–H and O–H groups in total. The van der Waals surface area contributed by atoms with Crippen molar-refractivity contribution < 1.29 is 9.47 Å². The molecule has 0 radical (unpaired) electrons. The lowest BCUT2D eigenvalue weighted by Crippen LogP contribution is -2.22. The summed E-state index contributed by atoms with van der Waals surface area (Å²) >= 11 is 1.82. The third-order valence-electron chi connectivity index (χ3n) is 6.31. The second kappa shape index (κ2) is 11.6. The van der Waals surface area contributed by atoms with Crippen LogP contribution in [-0.2, 0) is 17.6 Å². The van der Waals surface area contributed by atoms with Crippen LogP contribution in [-0.4, -0.2) is 18.6 Å². The summed E-state index contributed by atoms with van der Waals surface area (Å²) < 4.78 is 12.3. The number of rotatable bonds is 10. The highest BCUT2D eigenvalue weighted by Gasteiger charge is 2.28. The molecule has 0 spiro atoms. The highest BCUT2D eigenvalue weighted by Crippen LogP contribution is 2.42. The van der Waals surface area contributed by atoms with Crippen LogP contribution in [0.4, 0.5) is 0 Å². The third-order valence-corrected chi connectivity index (χ3v) is 7.28. The van der Waals surface area contributed by atoms with Gasteiger partial charge < -0.3 is 9.47 Å². The molecule has 0 aliphatic heterocycles. The minimum Gasteiger partial charge on any atom is -0.465 e. The van der Waals surface area contributed by atoms with Crippen molar-refractivity contribution in [2.75, 3.05) is 12.4 Å². The van der Waals surface area contributed by atoms with E-state index in [1.54, 1.807) is 11.1 Å². The van der Waals surface area contributed by atoms with E-state index in [-0.39, 0.29) is 6.29 Å². The average molecular weight is 455 g/mol. The quantitative estimate of drug-likeness (QED) is 0.204. The first-order valence-electron chi connectivity index (χ1n) is 12.4. The predicted octanol–water partition coefficient (Wildman–Crippen LogP) is 8.27. The molecule has 2 unspecified atom stereocenters. The number of hydrogen-bond donors (Lipinski definition) is 0. The van der Waals surface area contributed by atoms with E-state index in [1.807, 2.05) is 18.7 Å². The highest BCUT2D eigenvalue weighted by atomic mass is 32.2. The molecule has 3 heteroatoms. The van der Waals surface area contributed by atoms with Crippen molar-refractivity contribution in [1.29, 1.82) is 0 Å². The molecule has 0 aromatic heterocycles. The number of ether oxygens (including phenoxy) is 2. The molecule has 1 aliphatic carbocycles. The molecule has 2 nitrogen and oxygen atoms in total. The predicted molar refractivity (Wildman–Crippen MR) is 138 cm³/mol. The lowest BCUT2D eigenvalue weighted by Gasteiger charge is -2.33. The van der Waals surface area contributed by atoms with Gasteiger partial charge in [0.15, 0.2) is 6.29 Å². The first-order valence-corrected chi connectivity index (χ1v) is 13.3. The zero-order chi connectivity index (χ0) is 23.1. The van der Waals surface area contributed by atoms with Gasteiger partial charge in [-0.15, -0.1) is 11.8 Å². The van der Waals surface area contributed by atoms with E-state index in [9.17, 15) is 0 Å². The van der Waals surface area contributed by atoms with E-state index in [0.717, 1.165) is 17.9 Å². The number of hydrogen-bond acceptors (Lipinski definition) is 3. The van der Waals surface area contributed by atoms with E-state index in [2.05, 4.69) is 77.1 Å². The number of thioether (sulfide) groups is 1. The molecule has 0 heterocycles. The van der Waals surface area contributed by atoms with Crippen LogP contribution in [0.1, 0.15) is 83.4 Å². The van der Waals surface area contributed by atoms with Gasteiger partial charge in [0.2, 0.25) is 0 Å². The van der Waals surface area contributed by atoms with Crippen LogP contribution >= 0.6 is 11.8 Å². The van der Waals surface area contributed by atoms with Crippen LogP contribution in [0.5, 0.6) is 5.75 Å². The Morgan fingerprint density at radius 1 is 0.906 bits per heavy atom. The Balaban J connectivity index is 1.66. The van der Waals surface area contributed by atoms with Gasteiger partial charge in [-0.1, -0.05) is 58.9 Å². The van der Waals surface area contributed by atoms with Crippen molar-refractivity contribution >= 4 is 11.8 Å². The summed E-state index contributed by atoms with van der Waals surface area (Å²) in [6.45, 7) is 14.5. The van der Waals surface area contributed by atoms with Crippen LogP contribution in [0.15, 0.2) is 47.4 Å². The highest BCUT2D eigenvalue weighted by molar-refractivity contribution is 7.99. The maximum absolute atomic E-state index is 6.33. The molecule has 0 bridgehead atoms. The monoisotopic (exact) mass is 454 g/mol. The lowest BCUT2D eigenvalue weighted by molar-refractivity contribution is -0.0607. The van der Waals surface area contributed by atoms with E-state index in [1.165, 1.54) is 36.1 Å². The molecule has 2 aromatic rings. The van der Waals surface area contributed by atoms with Gasteiger partial charge in [-0.3, -0.25) is 0 Å². The molecular weight excluding hydrogens is 412 g/mol. The topological polar surface area (TPSA) is 18.5 Å². The van der Waals surface area contributed by atoms with Gasteiger partial charge in [0.05, 0.1) is 6.61 Å². The maximum Gasteiger partial charge on any atom is 0.197 e. The minimum absolute atomic E-state index is 0.237. The van der Waals surface area contributed by atoms with Gasteiger partial charge in [0.1, 0.15) is 5.75 Å². The average Bonchev–Trinajstić information content (AvgIpc) is 2.75. The summed E-state index contributed by atoms with van der Waals surface area (Å²) in [5.41, 5.74) is 4.88. The van der Waals surface area contributed by atoms with Crippen molar-refractivity contribution in [3.63, 3.8) is 0 Å². The Morgan fingerprint density at radius 3 is 2.25 bits per heavy atom. The summed E-state index contributed by atoms with van der Waals surface area (Å²) in [6.07, 6.45) is 5.82. The molecule has 32 heavy (non-hydrogen) atoms. The van der Waals surface area contributed by atoms with Gasteiger partial charge in [0.25, 0.3) is 0 Å². The molecular formula is C29H42O2S. The molecule has 0 saturated heterocycles. The van der Waals surface area contributed by atoms with Crippen LogP contribution < -0.4 is 4.74 Å². The molecule has 2 atom stereocenters. The number of benzene rings is 2. The van der Waals surface area contributed by atoms with Crippen molar-refractivity contribution in [3.8, 4) is 5.75 Å². The fraction of sp³-hybridized carbons (Fsp3) is 0.586. The van der Waals surface area contributed by atoms with Gasteiger partial charge in [-0.25, -0.2) is 0 Å². The molecule has 0 saturated carbocycles. The zero-order valence-electron chi connectivity index (χ0n) is 20.9. The first-order chi connectivity index (χ1) is 15.2. The summed E-state index contributed by atoms with van der Waals surface area (Å²) in [4.78, 5) is 1.28. The van der Waals surface area contributed by atoms with E-state index in [0.29, 0.717) is 23.9 Å². The van der Waals surface area contributed by atoms with Gasteiger partial charge >= 0.3 is 0 Å². The van der Waals surface area contributed by atoms with Gasteiger partial charge in [-0.2, -0.15) is 0 Å². The standard InChI is InChI=1S/C29H42O2S/c1-21(2)27(20-29(4,5)6)25-16-17-28(26-15-11-10-14-24(25)26)31-22(3)30-18-19-32-23-12-8-7-9-13-23/h7-9,12-13,16-17,21-22,27H,10-11,14-15,18-20H2,1-6H3. The molecule has 1 aliphatic rings. The summed E-state index contributed by atoms with van der Waals surface area (Å²) in [5.74, 6) is 3.19. The Kier molecular flexibility index (Phi) is 9.13. The minimum atomic E-state index is -0.237. The fourth-order valence-corrected chi connectivity index (χ4v) is 5.55. The first kappa shape index (κ1) is 25.2. The molecule has 0 amide bonds. The zero-order valence-corrected chi connectivity index (χ0v) is 21.8. The van der Waals surface area contributed by atoms with Crippen LogP contribution in [0.25, 0.3) is 0 Å².